The fourth-order valence-electron chi connectivity index (χ4n) is 2.75. The number of carbonyl (C=O) groups is 2. The number of ether oxygens (including phenoxy) is 1. The lowest BCUT2D eigenvalue weighted by Crippen LogP contribution is -2.47. The summed E-state index contributed by atoms with van der Waals surface area (Å²) in [5.74, 6) is -2.76. The number of rotatable bonds is 7. The van der Waals surface area contributed by atoms with Crippen molar-refractivity contribution in [2.24, 2.45) is 0 Å². The number of hydrogen-bond acceptors (Lipinski definition) is 5. The molecule has 1 aromatic carbocycles. The molecule has 8 nitrogen and oxygen atoms in total. The van der Waals surface area contributed by atoms with E-state index < -0.39 is 26.6 Å². The maximum Gasteiger partial charge on any atom is 0.409 e. The largest absolute Gasteiger partial charge is 0.450 e. The van der Waals surface area contributed by atoms with Crippen molar-refractivity contribution in [1.29, 1.82) is 0 Å². The summed E-state index contributed by atoms with van der Waals surface area (Å²) in [6, 6.07) is 2.13. The first-order valence-electron chi connectivity index (χ1n) is 8.88. The zero-order chi connectivity index (χ0) is 20.7. The number of nitrogens with zero attached hydrogens (tertiary/aromatic N) is 1. The number of benzene rings is 1. The summed E-state index contributed by atoms with van der Waals surface area (Å²) in [4.78, 5) is 24.8. The summed E-state index contributed by atoms with van der Waals surface area (Å²) in [7, 11) is -4.05. The first-order valence-corrected chi connectivity index (χ1v) is 10.4. The van der Waals surface area contributed by atoms with Crippen molar-refractivity contribution in [1.82, 2.24) is 14.9 Å². The van der Waals surface area contributed by atoms with Crippen molar-refractivity contribution in [3.63, 3.8) is 0 Å². The molecule has 0 aliphatic carbocycles. The Balaban J connectivity index is 1.74. The predicted octanol–water partition coefficient (Wildman–Crippen LogP) is 1.37. The summed E-state index contributed by atoms with van der Waals surface area (Å²) in [6.45, 7) is 2.77. The zero-order valence-electron chi connectivity index (χ0n) is 15.4. The van der Waals surface area contributed by atoms with E-state index in [0.29, 0.717) is 38.6 Å². The second-order valence-corrected chi connectivity index (χ2v) is 8.02. The van der Waals surface area contributed by atoms with Crippen LogP contribution < -0.4 is 10.0 Å². The quantitative estimate of drug-likeness (QED) is 0.695. The van der Waals surface area contributed by atoms with Gasteiger partial charge in [-0.3, -0.25) is 4.79 Å². The van der Waals surface area contributed by atoms with Gasteiger partial charge in [0.15, 0.2) is 11.6 Å². The molecule has 1 saturated heterocycles. The number of amides is 2. The lowest BCUT2D eigenvalue weighted by Gasteiger charge is -2.31. The third-order valence-corrected chi connectivity index (χ3v) is 5.69. The van der Waals surface area contributed by atoms with Crippen molar-refractivity contribution >= 4 is 22.0 Å². The lowest BCUT2D eigenvalue weighted by molar-refractivity contribution is -0.121. The highest BCUT2D eigenvalue weighted by molar-refractivity contribution is 7.89. The van der Waals surface area contributed by atoms with Gasteiger partial charge in [0.25, 0.3) is 0 Å². The zero-order valence-corrected chi connectivity index (χ0v) is 16.2. The van der Waals surface area contributed by atoms with Gasteiger partial charge in [0.2, 0.25) is 15.9 Å². The van der Waals surface area contributed by atoms with Gasteiger partial charge in [-0.25, -0.2) is 26.7 Å². The molecule has 1 heterocycles. The molecule has 1 fully saturated rings. The summed E-state index contributed by atoms with van der Waals surface area (Å²) in [6.07, 6.45) is 0.663. The molecule has 28 heavy (non-hydrogen) atoms. The Labute approximate surface area is 162 Å². The average molecular weight is 419 g/mol. The molecular weight excluding hydrogens is 396 g/mol. The van der Waals surface area contributed by atoms with Crippen LogP contribution in [0.15, 0.2) is 23.1 Å². The summed E-state index contributed by atoms with van der Waals surface area (Å²) < 4.78 is 57.3. The molecule has 0 unspecified atom stereocenters. The minimum absolute atomic E-state index is 0.110. The Kier molecular flexibility index (Phi) is 7.69. The summed E-state index contributed by atoms with van der Waals surface area (Å²) in [5, 5.41) is 2.79. The van der Waals surface area contributed by atoms with Crippen LogP contribution in [0.4, 0.5) is 13.6 Å². The Bertz CT molecular complexity index is 811. The molecule has 156 valence electrons. The van der Waals surface area contributed by atoms with E-state index in [0.717, 1.165) is 12.1 Å². The van der Waals surface area contributed by atoms with E-state index in [2.05, 4.69) is 10.0 Å². The predicted molar refractivity (Wildman–Crippen MR) is 95.9 cm³/mol. The van der Waals surface area contributed by atoms with Gasteiger partial charge in [-0.1, -0.05) is 0 Å². The minimum Gasteiger partial charge on any atom is -0.450 e. The summed E-state index contributed by atoms with van der Waals surface area (Å²) in [5.41, 5.74) is 0. The Morgan fingerprint density at radius 3 is 2.50 bits per heavy atom. The SMILES string of the molecule is CCOC(=O)N1CCC(NC(=O)CCNS(=O)(=O)c2ccc(F)c(F)c2)CC1. The molecule has 0 radical (unpaired) electrons. The van der Waals surface area contributed by atoms with E-state index in [1.807, 2.05) is 0 Å². The van der Waals surface area contributed by atoms with Crippen LogP contribution in [0.25, 0.3) is 0 Å². The van der Waals surface area contributed by atoms with Crippen LogP contribution in [0.5, 0.6) is 0 Å². The lowest BCUT2D eigenvalue weighted by atomic mass is 10.1. The van der Waals surface area contributed by atoms with Gasteiger partial charge >= 0.3 is 6.09 Å². The van der Waals surface area contributed by atoms with Gasteiger partial charge in [0, 0.05) is 32.1 Å². The van der Waals surface area contributed by atoms with Crippen LogP contribution in [0.3, 0.4) is 0 Å². The van der Waals surface area contributed by atoms with Gasteiger partial charge in [-0.05, 0) is 38.0 Å². The molecule has 2 amide bonds. The average Bonchev–Trinajstić information content (AvgIpc) is 2.64. The number of nitrogens with one attached hydrogen (secondary N) is 2. The van der Waals surface area contributed by atoms with E-state index >= 15 is 0 Å². The van der Waals surface area contributed by atoms with Gasteiger partial charge in [-0.2, -0.15) is 0 Å². The number of carbonyl (C=O) groups excluding carboxylic acids is 2. The fraction of sp³-hybridized carbons (Fsp3) is 0.529. The molecule has 0 aromatic heterocycles. The molecule has 1 aliphatic rings. The topological polar surface area (TPSA) is 105 Å². The van der Waals surface area contributed by atoms with Crippen LogP contribution in [-0.4, -0.2) is 57.6 Å². The Morgan fingerprint density at radius 1 is 1.21 bits per heavy atom. The highest BCUT2D eigenvalue weighted by Crippen LogP contribution is 2.14. The van der Waals surface area contributed by atoms with E-state index in [1.54, 1.807) is 11.8 Å². The molecule has 0 bridgehead atoms. The van der Waals surface area contributed by atoms with Gasteiger partial charge < -0.3 is 15.0 Å². The second kappa shape index (κ2) is 9.78. The summed E-state index contributed by atoms with van der Waals surface area (Å²) >= 11 is 0. The first-order chi connectivity index (χ1) is 13.2. The van der Waals surface area contributed by atoms with Crippen LogP contribution in [-0.2, 0) is 19.6 Å². The third kappa shape index (κ3) is 6.13. The maximum atomic E-state index is 13.2. The third-order valence-electron chi connectivity index (χ3n) is 4.23. The normalized spacial score (nSPS) is 15.3. The number of hydrogen-bond donors (Lipinski definition) is 2. The Morgan fingerprint density at radius 2 is 1.89 bits per heavy atom. The van der Waals surface area contributed by atoms with Gasteiger partial charge in [-0.15, -0.1) is 0 Å². The highest BCUT2D eigenvalue weighted by Gasteiger charge is 2.24. The molecular formula is C17H23F2N3O5S. The fourth-order valence-corrected chi connectivity index (χ4v) is 3.79. The van der Waals surface area contributed by atoms with E-state index in [9.17, 15) is 26.8 Å². The van der Waals surface area contributed by atoms with Crippen molar-refractivity contribution in [2.45, 2.75) is 37.1 Å². The highest BCUT2D eigenvalue weighted by atomic mass is 32.2. The smallest absolute Gasteiger partial charge is 0.409 e. The van der Waals surface area contributed by atoms with Gasteiger partial charge in [0.1, 0.15) is 0 Å². The molecule has 2 N–H and O–H groups in total. The van der Waals surface area contributed by atoms with Crippen LogP contribution in [0.1, 0.15) is 26.2 Å². The van der Waals surface area contributed by atoms with E-state index in [1.165, 1.54) is 0 Å². The molecule has 0 saturated carbocycles. The molecule has 1 aromatic rings. The van der Waals surface area contributed by atoms with Crippen LogP contribution in [0, 0.1) is 11.6 Å². The number of halogens is 2. The van der Waals surface area contributed by atoms with Crippen molar-refractivity contribution in [2.75, 3.05) is 26.2 Å². The standard InChI is InChI=1S/C17H23F2N3O5S/c1-2-27-17(24)22-9-6-12(7-10-22)21-16(23)5-8-20-28(25,26)13-3-4-14(18)15(19)11-13/h3-4,11-12,20H,2,5-10H2,1H3,(H,21,23). The van der Waals surface area contributed by atoms with Gasteiger partial charge in [0.05, 0.1) is 11.5 Å². The van der Waals surface area contributed by atoms with E-state index in [-0.39, 0.29) is 31.0 Å². The molecule has 1 aliphatic heterocycles. The first kappa shape index (κ1) is 22.0. The molecule has 0 atom stereocenters. The molecule has 0 spiro atoms. The van der Waals surface area contributed by atoms with Crippen LogP contribution >= 0.6 is 0 Å². The van der Waals surface area contributed by atoms with Crippen molar-refractivity contribution in [3.8, 4) is 0 Å². The van der Waals surface area contributed by atoms with Crippen molar-refractivity contribution < 1.29 is 31.5 Å². The second-order valence-electron chi connectivity index (χ2n) is 6.25. The number of likely N-dealkylation sites (tertiary alicyclic amines) is 1. The molecule has 11 heteroatoms. The Hall–Kier alpha value is -2.27. The minimum atomic E-state index is -4.05. The van der Waals surface area contributed by atoms with Crippen LogP contribution in [0.2, 0.25) is 0 Å². The van der Waals surface area contributed by atoms with Crippen molar-refractivity contribution in [3.05, 3.63) is 29.8 Å². The maximum absolute atomic E-state index is 13.2. The number of piperidine rings is 1. The molecule has 2 rings (SSSR count). The monoisotopic (exact) mass is 419 g/mol. The number of sulfonamides is 1. The van der Waals surface area contributed by atoms with E-state index in [4.69, 9.17) is 4.74 Å².